The molecule has 2 aromatic carbocycles. The van der Waals surface area contributed by atoms with Crippen LogP contribution in [0.2, 0.25) is 0 Å². The maximum atomic E-state index is 14.2. The quantitative estimate of drug-likeness (QED) is 0.754. The maximum absolute atomic E-state index is 14.2. The summed E-state index contributed by atoms with van der Waals surface area (Å²) in [4.78, 5) is 11.7. The average molecular weight is 432 g/mol. The van der Waals surface area contributed by atoms with Crippen molar-refractivity contribution in [2.24, 2.45) is 0 Å². The highest BCUT2D eigenvalue weighted by atomic mass is 32.2. The topological polar surface area (TPSA) is 75.7 Å². The van der Waals surface area contributed by atoms with E-state index in [1.807, 2.05) is 0 Å². The second kappa shape index (κ2) is 8.09. The molecule has 1 N–H and O–H groups in total. The lowest BCUT2D eigenvalue weighted by Gasteiger charge is -2.26. The largest absolute Gasteiger partial charge is 0.416 e. The van der Waals surface area contributed by atoms with Crippen molar-refractivity contribution in [1.82, 2.24) is 4.31 Å². The Morgan fingerprint density at radius 2 is 1.76 bits per heavy atom. The number of anilines is 1. The van der Waals surface area contributed by atoms with Crippen LogP contribution in [0, 0.1) is 5.82 Å². The van der Waals surface area contributed by atoms with E-state index in [0.29, 0.717) is 6.07 Å². The second-order valence-corrected chi connectivity index (χ2v) is 8.10. The van der Waals surface area contributed by atoms with Gasteiger partial charge in [0.15, 0.2) is 0 Å². The van der Waals surface area contributed by atoms with Crippen molar-refractivity contribution in [3.8, 4) is 0 Å². The fraction of sp³-hybridized carbons (Fsp3) is 0.278. The molecule has 0 spiro atoms. The van der Waals surface area contributed by atoms with E-state index in [2.05, 4.69) is 5.32 Å². The van der Waals surface area contributed by atoms with E-state index in [1.165, 1.54) is 6.07 Å². The van der Waals surface area contributed by atoms with Crippen molar-refractivity contribution in [3.63, 3.8) is 0 Å². The van der Waals surface area contributed by atoms with Gasteiger partial charge in [0.25, 0.3) is 5.91 Å². The average Bonchev–Trinajstić information content (AvgIpc) is 2.69. The molecule has 6 nitrogen and oxygen atoms in total. The number of carbonyl (C=O) groups is 1. The van der Waals surface area contributed by atoms with Gasteiger partial charge in [-0.3, -0.25) is 4.79 Å². The summed E-state index contributed by atoms with van der Waals surface area (Å²) in [6.07, 6.45) is -4.62. The van der Waals surface area contributed by atoms with E-state index in [9.17, 15) is 30.8 Å². The molecule has 1 fully saturated rings. The first-order chi connectivity index (χ1) is 13.6. The summed E-state index contributed by atoms with van der Waals surface area (Å²) in [5.74, 6) is -1.90. The molecule has 1 amide bonds. The third-order valence-corrected chi connectivity index (χ3v) is 6.14. The Bertz CT molecular complexity index is 1020. The first-order valence-electron chi connectivity index (χ1n) is 8.45. The molecular formula is C18H16F4N2O4S. The number of benzene rings is 2. The smallest absolute Gasteiger partial charge is 0.379 e. The van der Waals surface area contributed by atoms with Gasteiger partial charge in [-0.15, -0.1) is 0 Å². The first-order valence-corrected chi connectivity index (χ1v) is 9.89. The van der Waals surface area contributed by atoms with Crippen molar-refractivity contribution in [3.05, 3.63) is 59.4 Å². The zero-order chi connectivity index (χ0) is 21.2. The number of carbonyl (C=O) groups excluding carboxylic acids is 1. The molecular weight excluding hydrogens is 416 g/mol. The molecule has 3 rings (SSSR count). The second-order valence-electron chi connectivity index (χ2n) is 6.19. The van der Waals surface area contributed by atoms with Crippen LogP contribution in [0.25, 0.3) is 0 Å². The molecule has 0 atom stereocenters. The third-order valence-electron chi connectivity index (χ3n) is 4.23. The van der Waals surface area contributed by atoms with E-state index in [0.717, 1.165) is 34.6 Å². The Hall–Kier alpha value is -2.50. The maximum Gasteiger partial charge on any atom is 0.416 e. The number of sulfonamides is 1. The van der Waals surface area contributed by atoms with Gasteiger partial charge in [0.1, 0.15) is 10.7 Å². The van der Waals surface area contributed by atoms with E-state index in [4.69, 9.17) is 4.74 Å². The Morgan fingerprint density at radius 3 is 2.41 bits per heavy atom. The number of halogens is 4. The zero-order valence-corrected chi connectivity index (χ0v) is 15.7. The molecule has 0 aliphatic carbocycles. The molecule has 156 valence electrons. The van der Waals surface area contributed by atoms with Gasteiger partial charge in [-0.25, -0.2) is 12.8 Å². The van der Waals surface area contributed by atoms with Crippen LogP contribution in [0.1, 0.15) is 15.9 Å². The van der Waals surface area contributed by atoms with Gasteiger partial charge < -0.3 is 10.1 Å². The summed E-state index contributed by atoms with van der Waals surface area (Å²) < 4.78 is 84.1. The highest BCUT2D eigenvalue weighted by Crippen LogP contribution is 2.30. The van der Waals surface area contributed by atoms with E-state index >= 15 is 0 Å². The Balaban J connectivity index is 1.86. The standard InChI is InChI=1S/C18H16F4N2O4S/c19-15-5-4-14(11-16(15)29(26,27)24-6-8-28-9-7-24)23-17(25)12-2-1-3-13(10-12)18(20,21)22/h1-5,10-11H,6-9H2,(H,23,25). The Kier molecular flexibility index (Phi) is 5.92. The van der Waals surface area contributed by atoms with Crippen molar-refractivity contribution in [1.29, 1.82) is 0 Å². The fourth-order valence-electron chi connectivity index (χ4n) is 2.74. The minimum Gasteiger partial charge on any atom is -0.379 e. The summed E-state index contributed by atoms with van der Waals surface area (Å²) in [6.45, 7) is 0.463. The van der Waals surface area contributed by atoms with Crippen molar-refractivity contribution in [2.75, 3.05) is 31.6 Å². The molecule has 0 aromatic heterocycles. The highest BCUT2D eigenvalue weighted by molar-refractivity contribution is 7.89. The molecule has 0 radical (unpaired) electrons. The number of ether oxygens (including phenoxy) is 1. The molecule has 1 saturated heterocycles. The highest BCUT2D eigenvalue weighted by Gasteiger charge is 2.31. The van der Waals surface area contributed by atoms with Crippen LogP contribution in [0.3, 0.4) is 0 Å². The molecule has 0 unspecified atom stereocenters. The van der Waals surface area contributed by atoms with Crippen LogP contribution in [-0.2, 0) is 20.9 Å². The molecule has 2 aromatic rings. The van der Waals surface area contributed by atoms with Crippen molar-refractivity contribution < 1.29 is 35.5 Å². The molecule has 0 saturated carbocycles. The number of nitrogens with one attached hydrogen (secondary N) is 1. The van der Waals surface area contributed by atoms with Crippen molar-refractivity contribution in [2.45, 2.75) is 11.1 Å². The van der Waals surface area contributed by atoms with E-state index in [1.54, 1.807) is 0 Å². The summed E-state index contributed by atoms with van der Waals surface area (Å²) in [7, 11) is -4.16. The third kappa shape index (κ3) is 4.74. The van der Waals surface area contributed by atoms with E-state index < -0.39 is 38.4 Å². The molecule has 1 heterocycles. The van der Waals surface area contributed by atoms with Crippen LogP contribution < -0.4 is 5.32 Å². The van der Waals surface area contributed by atoms with Gasteiger partial charge in [0.05, 0.1) is 18.8 Å². The lowest BCUT2D eigenvalue weighted by atomic mass is 10.1. The van der Waals surface area contributed by atoms with Gasteiger partial charge >= 0.3 is 6.18 Å². The van der Waals surface area contributed by atoms with Gasteiger partial charge in [-0.05, 0) is 36.4 Å². The fourth-order valence-corrected chi connectivity index (χ4v) is 4.24. The predicted octanol–water partition coefficient (Wildman–Crippen LogP) is 3.12. The lowest BCUT2D eigenvalue weighted by Crippen LogP contribution is -2.40. The van der Waals surface area contributed by atoms with Crippen LogP contribution in [0.4, 0.5) is 23.2 Å². The summed E-state index contributed by atoms with van der Waals surface area (Å²) >= 11 is 0. The minimum atomic E-state index is -4.62. The Morgan fingerprint density at radius 1 is 1.07 bits per heavy atom. The van der Waals surface area contributed by atoms with Gasteiger partial charge in [-0.1, -0.05) is 6.07 Å². The minimum absolute atomic E-state index is 0.0581. The monoisotopic (exact) mass is 432 g/mol. The van der Waals surface area contributed by atoms with Crippen LogP contribution in [0.15, 0.2) is 47.4 Å². The van der Waals surface area contributed by atoms with Gasteiger partial charge in [0, 0.05) is 24.3 Å². The molecule has 11 heteroatoms. The number of morpholine rings is 1. The van der Waals surface area contributed by atoms with E-state index in [-0.39, 0.29) is 37.6 Å². The van der Waals surface area contributed by atoms with Crippen LogP contribution in [-0.4, -0.2) is 44.9 Å². The van der Waals surface area contributed by atoms with Crippen LogP contribution >= 0.6 is 0 Å². The summed E-state index contributed by atoms with van der Waals surface area (Å²) in [5, 5.41) is 2.30. The number of rotatable bonds is 4. The summed E-state index contributed by atoms with van der Waals surface area (Å²) in [6, 6.07) is 6.68. The normalized spacial score (nSPS) is 15.9. The van der Waals surface area contributed by atoms with Crippen molar-refractivity contribution >= 4 is 21.6 Å². The molecule has 1 aliphatic heterocycles. The number of alkyl halides is 3. The lowest BCUT2D eigenvalue weighted by molar-refractivity contribution is -0.137. The molecule has 1 aliphatic rings. The predicted molar refractivity (Wildman–Crippen MR) is 95.4 cm³/mol. The first kappa shape index (κ1) is 21.2. The van der Waals surface area contributed by atoms with Gasteiger partial charge in [0.2, 0.25) is 10.0 Å². The van der Waals surface area contributed by atoms with Gasteiger partial charge in [-0.2, -0.15) is 17.5 Å². The number of amides is 1. The Labute approximate surface area is 164 Å². The molecule has 29 heavy (non-hydrogen) atoms. The van der Waals surface area contributed by atoms with Crippen LogP contribution in [0.5, 0.6) is 0 Å². The molecule has 0 bridgehead atoms. The number of nitrogens with zero attached hydrogens (tertiary/aromatic N) is 1. The number of hydrogen-bond acceptors (Lipinski definition) is 4. The SMILES string of the molecule is O=C(Nc1ccc(F)c(S(=O)(=O)N2CCOCC2)c1)c1cccc(C(F)(F)F)c1. The summed E-state index contributed by atoms with van der Waals surface area (Å²) in [5.41, 5.74) is -1.35. The number of hydrogen-bond donors (Lipinski definition) is 1. The zero-order valence-electron chi connectivity index (χ0n) is 14.9.